The molecule has 4 heteroatoms. The molecule has 136 valence electrons. The van der Waals surface area contributed by atoms with Crippen molar-refractivity contribution >= 4 is 5.97 Å². The highest BCUT2D eigenvalue weighted by Gasteiger charge is 2.51. The number of nitrogens with two attached hydrogens (primary N) is 1. The van der Waals surface area contributed by atoms with E-state index in [1.54, 1.807) is 6.92 Å². The van der Waals surface area contributed by atoms with Gasteiger partial charge in [-0.05, 0) is 63.2 Å². The molecule has 4 nitrogen and oxygen atoms in total. The van der Waals surface area contributed by atoms with Crippen LogP contribution < -0.4 is 5.73 Å². The molecule has 4 rings (SSSR count). The first-order valence-electron chi connectivity index (χ1n) is 10.2. The number of carbonyl (C=O) groups excluding carboxylic acids is 1. The Kier molecular flexibility index (Phi) is 4.41. The Morgan fingerprint density at radius 2 is 1.75 bits per heavy atom. The second-order valence-corrected chi connectivity index (χ2v) is 9.40. The molecule has 3 unspecified atom stereocenters. The van der Waals surface area contributed by atoms with Gasteiger partial charge in [0.15, 0.2) is 0 Å². The van der Waals surface area contributed by atoms with E-state index in [1.807, 2.05) is 0 Å². The number of esters is 1. The zero-order valence-electron chi connectivity index (χ0n) is 15.4. The summed E-state index contributed by atoms with van der Waals surface area (Å²) in [6.45, 7) is 3.92. The maximum Gasteiger partial charge on any atom is 0.303 e. The van der Waals surface area contributed by atoms with Crippen molar-refractivity contribution < 1.29 is 9.53 Å². The van der Waals surface area contributed by atoms with Gasteiger partial charge < -0.3 is 10.5 Å². The van der Waals surface area contributed by atoms with Gasteiger partial charge >= 0.3 is 5.97 Å². The van der Waals surface area contributed by atoms with E-state index in [9.17, 15) is 4.79 Å². The number of ether oxygens (including phenoxy) is 1. The Morgan fingerprint density at radius 3 is 2.42 bits per heavy atom. The van der Waals surface area contributed by atoms with Crippen molar-refractivity contribution in [2.75, 3.05) is 0 Å². The van der Waals surface area contributed by atoms with Crippen molar-refractivity contribution in [2.45, 2.75) is 108 Å². The van der Waals surface area contributed by atoms with E-state index in [0.29, 0.717) is 30.1 Å². The van der Waals surface area contributed by atoms with Crippen LogP contribution in [0.1, 0.15) is 78.1 Å². The minimum Gasteiger partial charge on any atom is -0.459 e. The highest BCUT2D eigenvalue weighted by molar-refractivity contribution is 5.66. The van der Waals surface area contributed by atoms with Crippen molar-refractivity contribution in [3.63, 3.8) is 0 Å². The number of hydrogen-bond acceptors (Lipinski definition) is 4. The van der Waals surface area contributed by atoms with Gasteiger partial charge in [0.05, 0.1) is 0 Å². The number of hydrogen-bond donors (Lipinski definition) is 1. The summed E-state index contributed by atoms with van der Waals surface area (Å²) < 4.78 is 5.99. The van der Waals surface area contributed by atoms with Crippen LogP contribution >= 0.6 is 0 Å². The molecular formula is C20H34N2O2. The molecule has 4 aliphatic rings. The highest BCUT2D eigenvalue weighted by atomic mass is 16.6. The minimum atomic E-state index is -0.190. The minimum absolute atomic E-state index is 0.0932. The van der Waals surface area contributed by atoms with E-state index >= 15 is 0 Å². The molecule has 2 saturated carbocycles. The Balaban J connectivity index is 1.57. The SMILES string of the molecule is CC(=O)O[C@]12CC(N3C4CCC[C@H]3CC(N)C4)C[C@@H](C[C@H](C)C1)C2. The Labute approximate surface area is 146 Å². The van der Waals surface area contributed by atoms with Crippen molar-refractivity contribution in [3.8, 4) is 0 Å². The Hall–Kier alpha value is -0.610. The normalized spacial score (nSPS) is 48.8. The molecule has 0 aromatic heterocycles. The van der Waals surface area contributed by atoms with E-state index in [2.05, 4.69) is 11.8 Å². The van der Waals surface area contributed by atoms with Gasteiger partial charge in [-0.3, -0.25) is 9.69 Å². The van der Waals surface area contributed by atoms with Crippen LogP contribution in [0.25, 0.3) is 0 Å². The predicted molar refractivity (Wildman–Crippen MR) is 94.5 cm³/mol. The third-order valence-electron chi connectivity index (χ3n) is 7.18. The third-order valence-corrected chi connectivity index (χ3v) is 7.18. The summed E-state index contributed by atoms with van der Waals surface area (Å²) >= 11 is 0. The van der Waals surface area contributed by atoms with Crippen LogP contribution in [0.3, 0.4) is 0 Å². The van der Waals surface area contributed by atoms with Gasteiger partial charge in [0.1, 0.15) is 5.60 Å². The molecule has 4 fully saturated rings. The predicted octanol–water partition coefficient (Wildman–Crippen LogP) is 3.23. The van der Waals surface area contributed by atoms with Gasteiger partial charge in [-0.25, -0.2) is 0 Å². The van der Waals surface area contributed by atoms with Gasteiger partial charge in [0, 0.05) is 37.5 Å². The first kappa shape index (κ1) is 16.8. The second kappa shape index (κ2) is 6.28. The first-order valence-corrected chi connectivity index (χ1v) is 10.2. The van der Waals surface area contributed by atoms with Crippen LogP contribution in [0.2, 0.25) is 0 Å². The molecule has 0 aromatic rings. The fourth-order valence-corrected chi connectivity index (χ4v) is 6.94. The lowest BCUT2D eigenvalue weighted by atomic mass is 9.63. The summed E-state index contributed by atoms with van der Waals surface area (Å²) in [7, 11) is 0. The van der Waals surface area contributed by atoms with Gasteiger partial charge in [-0.15, -0.1) is 0 Å². The van der Waals surface area contributed by atoms with Gasteiger partial charge in [0.2, 0.25) is 0 Å². The number of fused-ring (bicyclic) bond motifs is 4. The number of nitrogens with zero attached hydrogens (tertiary/aromatic N) is 1. The summed E-state index contributed by atoms with van der Waals surface area (Å²) in [5, 5.41) is 0. The molecule has 0 spiro atoms. The number of piperidine rings is 2. The lowest BCUT2D eigenvalue weighted by Crippen LogP contribution is -2.62. The van der Waals surface area contributed by atoms with Crippen LogP contribution in [0.4, 0.5) is 0 Å². The molecule has 2 N–H and O–H groups in total. The third kappa shape index (κ3) is 3.12. The van der Waals surface area contributed by atoms with Crippen LogP contribution in [0.15, 0.2) is 0 Å². The largest absolute Gasteiger partial charge is 0.459 e. The summed E-state index contributed by atoms with van der Waals surface area (Å²) in [6, 6.07) is 2.33. The summed E-state index contributed by atoms with van der Waals surface area (Å²) in [4.78, 5) is 14.6. The Morgan fingerprint density at radius 1 is 1.04 bits per heavy atom. The molecule has 7 atom stereocenters. The monoisotopic (exact) mass is 334 g/mol. The van der Waals surface area contributed by atoms with Crippen LogP contribution in [0.5, 0.6) is 0 Å². The molecule has 0 amide bonds. The van der Waals surface area contributed by atoms with Crippen LogP contribution in [-0.2, 0) is 9.53 Å². The van der Waals surface area contributed by atoms with Gasteiger partial charge in [-0.2, -0.15) is 0 Å². The average Bonchev–Trinajstić information content (AvgIpc) is 2.43. The van der Waals surface area contributed by atoms with Gasteiger partial charge in [-0.1, -0.05) is 13.3 Å². The standard InChI is InChI=1S/C20H34N2O2/c1-13-6-15-7-19(12-20(10-13,11-15)24-14(2)23)22-17-4-3-5-18(22)9-16(21)8-17/h13,15-19H,3-12,21H2,1-2H3/t13-,15+,16?,17-,18?,19?,20+/m0/s1. The second-order valence-electron chi connectivity index (χ2n) is 9.40. The maximum atomic E-state index is 11.8. The van der Waals surface area contributed by atoms with Crippen molar-refractivity contribution in [2.24, 2.45) is 17.6 Å². The van der Waals surface area contributed by atoms with Crippen molar-refractivity contribution in [1.29, 1.82) is 0 Å². The molecule has 2 aliphatic carbocycles. The van der Waals surface area contributed by atoms with Gasteiger partial charge in [0.25, 0.3) is 0 Å². The molecule has 0 radical (unpaired) electrons. The Bertz CT molecular complexity index is 478. The van der Waals surface area contributed by atoms with Crippen molar-refractivity contribution in [3.05, 3.63) is 0 Å². The quantitative estimate of drug-likeness (QED) is 0.788. The maximum absolute atomic E-state index is 11.8. The summed E-state index contributed by atoms with van der Waals surface area (Å²) in [5.74, 6) is 1.31. The molecular weight excluding hydrogens is 300 g/mol. The molecule has 0 aromatic carbocycles. The molecule has 4 bridgehead atoms. The van der Waals surface area contributed by atoms with Crippen LogP contribution in [-0.4, -0.2) is 40.6 Å². The van der Waals surface area contributed by atoms with E-state index in [1.165, 1.54) is 32.1 Å². The van der Waals surface area contributed by atoms with E-state index in [-0.39, 0.29) is 11.6 Å². The van der Waals surface area contributed by atoms with Crippen LogP contribution in [0, 0.1) is 11.8 Å². The number of carbonyl (C=O) groups is 1. The highest BCUT2D eigenvalue weighted by Crippen LogP contribution is 2.50. The van der Waals surface area contributed by atoms with Crippen molar-refractivity contribution in [1.82, 2.24) is 4.90 Å². The fourth-order valence-electron chi connectivity index (χ4n) is 6.94. The molecule has 24 heavy (non-hydrogen) atoms. The number of rotatable bonds is 2. The summed E-state index contributed by atoms with van der Waals surface area (Å²) in [5.41, 5.74) is 6.13. The molecule has 2 saturated heterocycles. The van der Waals surface area contributed by atoms with E-state index in [4.69, 9.17) is 10.5 Å². The average molecular weight is 335 g/mol. The molecule has 2 aliphatic heterocycles. The lowest BCUT2D eigenvalue weighted by molar-refractivity contribution is -0.178. The fraction of sp³-hybridized carbons (Fsp3) is 0.950. The summed E-state index contributed by atoms with van der Waals surface area (Å²) in [6.07, 6.45) is 12.1. The zero-order chi connectivity index (χ0) is 16.9. The van der Waals surface area contributed by atoms with E-state index < -0.39 is 0 Å². The molecule has 2 heterocycles. The van der Waals surface area contributed by atoms with E-state index in [0.717, 1.165) is 38.0 Å². The lowest BCUT2D eigenvalue weighted by Gasteiger charge is -2.57. The first-order chi connectivity index (χ1) is 11.4. The smallest absolute Gasteiger partial charge is 0.303 e. The topological polar surface area (TPSA) is 55.6 Å². The zero-order valence-corrected chi connectivity index (χ0v) is 15.4.